The van der Waals surface area contributed by atoms with E-state index in [4.69, 9.17) is 19.8 Å². The molecular weight excluding hydrogens is 440 g/mol. The minimum atomic E-state index is -0.455. The largest absolute Gasteiger partial charge is 0.464 e. The van der Waals surface area contributed by atoms with Crippen molar-refractivity contribution in [2.75, 3.05) is 0 Å². The fraction of sp³-hybridized carbons (Fsp3) is 0. The SMILES string of the molecule is [2H]c1c([2H])c([2H])c2c(-c3cc4oc5ccccc5c4c4ccoc34)c3c([2H])c([2H])c([2H])c([2H])c3c(-c3ccccc3)c2c1[2H]. The Morgan fingerprint density at radius 2 is 1.19 bits per heavy atom. The molecule has 0 spiro atoms. The van der Waals surface area contributed by atoms with Gasteiger partial charge in [0.1, 0.15) is 16.7 Å². The maximum Gasteiger partial charge on any atom is 0.142 e. The van der Waals surface area contributed by atoms with Crippen molar-refractivity contribution in [3.8, 4) is 22.3 Å². The van der Waals surface area contributed by atoms with Gasteiger partial charge in [-0.15, -0.1) is 0 Å². The summed E-state index contributed by atoms with van der Waals surface area (Å²) in [7, 11) is 0. The van der Waals surface area contributed by atoms with Gasteiger partial charge >= 0.3 is 0 Å². The molecule has 0 aliphatic carbocycles. The van der Waals surface area contributed by atoms with E-state index < -0.39 is 24.2 Å². The summed E-state index contributed by atoms with van der Waals surface area (Å²) >= 11 is 0. The predicted octanol–water partition coefficient (Wildman–Crippen LogP) is 9.97. The number of hydrogen-bond donors (Lipinski definition) is 0. The summed E-state index contributed by atoms with van der Waals surface area (Å²) in [5, 5.41) is 2.95. The molecule has 0 radical (unpaired) electrons. The zero-order valence-corrected chi connectivity index (χ0v) is 18.7. The number of hydrogen-bond acceptors (Lipinski definition) is 2. The van der Waals surface area contributed by atoms with Crippen LogP contribution in [-0.2, 0) is 0 Å². The minimum Gasteiger partial charge on any atom is -0.464 e. The second-order valence-electron chi connectivity index (χ2n) is 8.67. The van der Waals surface area contributed by atoms with Crippen molar-refractivity contribution in [2.24, 2.45) is 0 Å². The Bertz CT molecular complexity index is 2450. The van der Waals surface area contributed by atoms with Gasteiger partial charge < -0.3 is 8.83 Å². The molecule has 0 aliphatic heterocycles. The van der Waals surface area contributed by atoms with E-state index in [0.29, 0.717) is 38.8 Å². The Morgan fingerprint density at radius 3 is 1.92 bits per heavy atom. The molecule has 6 aromatic carbocycles. The lowest BCUT2D eigenvalue weighted by molar-refractivity contribution is 0.616. The molecule has 8 aromatic rings. The molecule has 0 saturated heterocycles. The van der Waals surface area contributed by atoms with E-state index in [-0.39, 0.29) is 51.3 Å². The summed E-state index contributed by atoms with van der Waals surface area (Å²) in [6, 6.07) is 16.9. The fourth-order valence-electron chi connectivity index (χ4n) is 5.33. The van der Waals surface area contributed by atoms with Gasteiger partial charge in [-0.25, -0.2) is 0 Å². The summed E-state index contributed by atoms with van der Waals surface area (Å²) in [4.78, 5) is 0. The third-order valence-corrected chi connectivity index (χ3v) is 6.78. The number of furan rings is 2. The molecule has 2 heteroatoms. The molecule has 8 rings (SSSR count). The molecule has 0 bridgehead atoms. The smallest absolute Gasteiger partial charge is 0.142 e. The number of benzene rings is 6. The van der Waals surface area contributed by atoms with Gasteiger partial charge in [0, 0.05) is 27.3 Å². The van der Waals surface area contributed by atoms with Crippen LogP contribution in [0.5, 0.6) is 0 Å². The molecule has 0 fully saturated rings. The zero-order valence-electron chi connectivity index (χ0n) is 26.7. The van der Waals surface area contributed by atoms with Gasteiger partial charge in [0.2, 0.25) is 0 Å². The lowest BCUT2D eigenvalue weighted by Gasteiger charge is -2.17. The van der Waals surface area contributed by atoms with Crippen molar-refractivity contribution in [2.45, 2.75) is 0 Å². The van der Waals surface area contributed by atoms with Gasteiger partial charge in [-0.2, -0.15) is 0 Å². The number of fused-ring (bicyclic) bond motifs is 7. The highest BCUT2D eigenvalue weighted by molar-refractivity contribution is 6.27. The summed E-state index contributed by atoms with van der Waals surface area (Å²) < 4.78 is 83.2. The number of rotatable bonds is 2. The molecular formula is C34H20O2. The Balaban J connectivity index is 1.73. The van der Waals surface area contributed by atoms with Crippen molar-refractivity contribution >= 4 is 54.5 Å². The molecule has 168 valence electrons. The van der Waals surface area contributed by atoms with Gasteiger partial charge in [-0.3, -0.25) is 0 Å². The van der Waals surface area contributed by atoms with E-state index in [1.807, 2.05) is 30.3 Å². The average molecular weight is 469 g/mol. The highest BCUT2D eigenvalue weighted by atomic mass is 16.3. The highest BCUT2D eigenvalue weighted by Gasteiger charge is 2.22. The van der Waals surface area contributed by atoms with Crippen LogP contribution in [0.15, 0.2) is 130 Å². The standard InChI is InChI=1S/C34H20O2/c1-2-10-21(11-3-1)31-22-12-4-6-14-24(22)32(25-15-7-5-13-23(25)31)28-20-30-33(27-18-19-35-34(27)28)26-16-8-9-17-29(26)36-30/h1-20H/i4D,5D,6D,7D,12D,13D,14D,15D. The average Bonchev–Trinajstić information content (AvgIpc) is 3.68. The van der Waals surface area contributed by atoms with Gasteiger partial charge in [0.25, 0.3) is 0 Å². The van der Waals surface area contributed by atoms with Gasteiger partial charge in [-0.05, 0) is 50.9 Å². The molecule has 0 unspecified atom stereocenters. The molecule has 2 nitrogen and oxygen atoms in total. The maximum absolute atomic E-state index is 9.16. The molecule has 0 atom stereocenters. The van der Waals surface area contributed by atoms with E-state index in [9.17, 15) is 0 Å². The lowest BCUT2D eigenvalue weighted by atomic mass is 9.85. The Hall–Kier alpha value is -4.82. The zero-order chi connectivity index (χ0) is 30.6. The number of para-hydroxylation sites is 1. The van der Waals surface area contributed by atoms with Gasteiger partial charge in [-0.1, -0.05) is 96.9 Å². The highest BCUT2D eigenvalue weighted by Crippen LogP contribution is 2.47. The summed E-state index contributed by atoms with van der Waals surface area (Å²) in [6.45, 7) is 0. The van der Waals surface area contributed by atoms with E-state index in [0.717, 1.165) is 10.8 Å². The molecule has 2 aromatic heterocycles. The Kier molecular flexibility index (Phi) is 2.71. The Labute approximate surface area is 218 Å². The van der Waals surface area contributed by atoms with Crippen LogP contribution in [-0.4, -0.2) is 0 Å². The monoisotopic (exact) mass is 468 g/mol. The van der Waals surface area contributed by atoms with Crippen LogP contribution in [0.2, 0.25) is 0 Å². The van der Waals surface area contributed by atoms with Crippen LogP contribution < -0.4 is 0 Å². The van der Waals surface area contributed by atoms with Crippen LogP contribution in [0.1, 0.15) is 11.0 Å². The Morgan fingerprint density at radius 1 is 0.556 bits per heavy atom. The second-order valence-corrected chi connectivity index (χ2v) is 8.67. The fourth-order valence-corrected chi connectivity index (χ4v) is 5.33. The summed E-state index contributed by atoms with van der Waals surface area (Å²) in [5.74, 6) is 0. The molecule has 0 saturated carbocycles. The molecule has 0 aliphatic rings. The first kappa shape index (κ1) is 13.3. The topological polar surface area (TPSA) is 26.3 Å². The van der Waals surface area contributed by atoms with Crippen molar-refractivity contribution < 1.29 is 19.8 Å². The van der Waals surface area contributed by atoms with E-state index in [2.05, 4.69) is 0 Å². The van der Waals surface area contributed by atoms with Crippen LogP contribution in [0.25, 0.3) is 76.7 Å². The second kappa shape index (κ2) is 7.34. The molecule has 2 heterocycles. The molecule has 0 N–H and O–H groups in total. The minimum absolute atomic E-state index is 0.126. The van der Waals surface area contributed by atoms with Gasteiger partial charge in [0.15, 0.2) is 0 Å². The summed E-state index contributed by atoms with van der Waals surface area (Å²) in [5.41, 5.74) is 3.03. The molecule has 36 heavy (non-hydrogen) atoms. The van der Waals surface area contributed by atoms with Crippen molar-refractivity contribution in [1.29, 1.82) is 0 Å². The van der Waals surface area contributed by atoms with E-state index in [1.165, 1.54) is 6.26 Å². The van der Waals surface area contributed by atoms with Crippen LogP contribution >= 0.6 is 0 Å². The first-order valence-corrected chi connectivity index (χ1v) is 11.5. The quantitative estimate of drug-likeness (QED) is 0.236. The third-order valence-electron chi connectivity index (χ3n) is 6.78. The lowest BCUT2D eigenvalue weighted by Crippen LogP contribution is -1.91. The molecule has 0 amide bonds. The van der Waals surface area contributed by atoms with E-state index in [1.54, 1.807) is 36.4 Å². The van der Waals surface area contributed by atoms with E-state index >= 15 is 0 Å². The third kappa shape index (κ3) is 2.61. The van der Waals surface area contributed by atoms with Crippen molar-refractivity contribution in [3.05, 3.63) is 121 Å². The van der Waals surface area contributed by atoms with Gasteiger partial charge in [0.05, 0.1) is 17.2 Å². The van der Waals surface area contributed by atoms with Crippen molar-refractivity contribution in [1.82, 2.24) is 0 Å². The van der Waals surface area contributed by atoms with Crippen molar-refractivity contribution in [3.63, 3.8) is 0 Å². The predicted molar refractivity (Wildman–Crippen MR) is 149 cm³/mol. The normalized spacial score (nSPS) is 15.0. The summed E-state index contributed by atoms with van der Waals surface area (Å²) in [6.07, 6.45) is 1.53. The first-order valence-electron chi connectivity index (χ1n) is 15.5. The van der Waals surface area contributed by atoms with Crippen LogP contribution in [0.3, 0.4) is 0 Å². The first-order chi connectivity index (χ1) is 21.2. The van der Waals surface area contributed by atoms with Crippen LogP contribution in [0, 0.1) is 0 Å². The van der Waals surface area contributed by atoms with Crippen LogP contribution in [0.4, 0.5) is 0 Å². The maximum atomic E-state index is 9.16.